The second-order valence-corrected chi connectivity index (χ2v) is 8.87. The number of hydrogen-bond acceptors (Lipinski definition) is 2. The first kappa shape index (κ1) is 18.5. The first-order valence-corrected chi connectivity index (χ1v) is 11.1. The van der Waals surface area contributed by atoms with Crippen molar-refractivity contribution in [2.75, 3.05) is 6.54 Å². The predicted octanol–water partition coefficient (Wildman–Crippen LogP) is 6.17. The zero-order valence-electron chi connectivity index (χ0n) is 17.1. The summed E-state index contributed by atoms with van der Waals surface area (Å²) in [5.41, 5.74) is 3.69. The molecule has 1 atom stereocenters. The van der Waals surface area contributed by atoms with Gasteiger partial charge in [0, 0.05) is 24.0 Å². The first-order chi connectivity index (χ1) is 14.2. The van der Waals surface area contributed by atoms with Crippen LogP contribution >= 0.6 is 0 Å². The van der Waals surface area contributed by atoms with Gasteiger partial charge in [-0.1, -0.05) is 31.4 Å². The van der Waals surface area contributed by atoms with Gasteiger partial charge in [0.25, 0.3) is 0 Å². The van der Waals surface area contributed by atoms with Crippen molar-refractivity contribution in [3.8, 4) is 6.07 Å². The average molecular weight is 390 g/mol. The fourth-order valence-electron chi connectivity index (χ4n) is 5.33. The van der Waals surface area contributed by atoms with Gasteiger partial charge < -0.3 is 9.47 Å². The summed E-state index contributed by atoms with van der Waals surface area (Å²) >= 11 is 0. The molecule has 0 saturated heterocycles. The van der Waals surface area contributed by atoms with Gasteiger partial charge >= 0.3 is 0 Å². The SMILES string of the molecule is C[C@@H](C1CC1)N1CC=CC=C1c1c(C#N)c2ccc(F)cc2n1C1CCCCC1. The molecule has 2 aliphatic carbocycles. The molecule has 2 heterocycles. The Kier molecular flexibility index (Phi) is 4.70. The van der Waals surface area contributed by atoms with Gasteiger partial charge in [-0.25, -0.2) is 4.39 Å². The molecule has 5 rings (SSSR count). The molecule has 29 heavy (non-hydrogen) atoms. The van der Waals surface area contributed by atoms with E-state index in [2.05, 4.69) is 40.7 Å². The summed E-state index contributed by atoms with van der Waals surface area (Å²) in [6.07, 6.45) is 14.9. The molecular formula is C25H28FN3. The van der Waals surface area contributed by atoms with E-state index in [1.807, 2.05) is 0 Å². The van der Waals surface area contributed by atoms with Crippen molar-refractivity contribution >= 4 is 16.6 Å². The minimum Gasteiger partial charge on any atom is -0.363 e. The van der Waals surface area contributed by atoms with E-state index in [4.69, 9.17) is 0 Å². The highest BCUT2D eigenvalue weighted by molar-refractivity contribution is 5.93. The van der Waals surface area contributed by atoms with Gasteiger partial charge in [-0.2, -0.15) is 5.26 Å². The highest BCUT2D eigenvalue weighted by atomic mass is 19.1. The van der Waals surface area contributed by atoms with Crippen LogP contribution < -0.4 is 0 Å². The van der Waals surface area contributed by atoms with E-state index in [1.165, 1.54) is 38.2 Å². The maximum atomic E-state index is 14.3. The Hall–Kier alpha value is -2.54. The lowest BCUT2D eigenvalue weighted by atomic mass is 9.94. The molecule has 2 fully saturated rings. The Morgan fingerprint density at radius 2 is 1.93 bits per heavy atom. The molecule has 3 aliphatic rings. The van der Waals surface area contributed by atoms with E-state index in [0.29, 0.717) is 17.6 Å². The Balaban J connectivity index is 1.74. The fraction of sp³-hybridized carbons (Fsp3) is 0.480. The van der Waals surface area contributed by atoms with Gasteiger partial charge in [-0.05, 0) is 62.8 Å². The predicted molar refractivity (Wildman–Crippen MR) is 115 cm³/mol. The summed E-state index contributed by atoms with van der Waals surface area (Å²) < 4.78 is 16.6. The Morgan fingerprint density at radius 1 is 1.14 bits per heavy atom. The van der Waals surface area contributed by atoms with Crippen LogP contribution in [0.5, 0.6) is 0 Å². The molecule has 3 nitrogen and oxygen atoms in total. The number of fused-ring (bicyclic) bond motifs is 1. The van der Waals surface area contributed by atoms with E-state index >= 15 is 0 Å². The number of nitriles is 1. The molecule has 1 aliphatic heterocycles. The van der Waals surface area contributed by atoms with Crippen molar-refractivity contribution in [2.45, 2.75) is 64.0 Å². The third kappa shape index (κ3) is 3.17. The molecule has 2 aromatic rings. The maximum Gasteiger partial charge on any atom is 0.125 e. The second kappa shape index (κ2) is 7.37. The van der Waals surface area contributed by atoms with E-state index in [0.717, 1.165) is 47.6 Å². The third-order valence-corrected chi connectivity index (χ3v) is 7.06. The maximum absolute atomic E-state index is 14.3. The molecule has 1 aromatic carbocycles. The van der Waals surface area contributed by atoms with Crippen molar-refractivity contribution < 1.29 is 4.39 Å². The second-order valence-electron chi connectivity index (χ2n) is 8.87. The summed E-state index contributed by atoms with van der Waals surface area (Å²) in [4.78, 5) is 2.46. The molecule has 0 bridgehead atoms. The normalized spacial score (nSPS) is 21.3. The van der Waals surface area contributed by atoms with Gasteiger partial charge in [0.15, 0.2) is 0 Å². The monoisotopic (exact) mass is 389 g/mol. The molecular weight excluding hydrogens is 361 g/mol. The highest BCUT2D eigenvalue weighted by Crippen LogP contribution is 2.43. The van der Waals surface area contributed by atoms with Gasteiger partial charge in [-0.3, -0.25) is 0 Å². The van der Waals surface area contributed by atoms with Gasteiger partial charge in [0.05, 0.1) is 22.5 Å². The summed E-state index contributed by atoms with van der Waals surface area (Å²) in [5.74, 6) is 0.504. The number of halogens is 1. The smallest absolute Gasteiger partial charge is 0.125 e. The average Bonchev–Trinajstić information content (AvgIpc) is 3.55. The van der Waals surface area contributed by atoms with Gasteiger partial charge in [0.2, 0.25) is 0 Å². The first-order valence-electron chi connectivity index (χ1n) is 11.1. The molecule has 1 aromatic heterocycles. The molecule has 4 heteroatoms. The molecule has 0 radical (unpaired) electrons. The zero-order valence-corrected chi connectivity index (χ0v) is 17.1. The number of allylic oxidation sites excluding steroid dienone is 2. The summed E-state index contributed by atoms with van der Waals surface area (Å²) in [7, 11) is 0. The van der Waals surface area contributed by atoms with Crippen LogP contribution in [0.3, 0.4) is 0 Å². The molecule has 2 saturated carbocycles. The largest absolute Gasteiger partial charge is 0.363 e. The number of hydrogen-bond donors (Lipinski definition) is 0. The molecule has 150 valence electrons. The van der Waals surface area contributed by atoms with Crippen LogP contribution in [0.25, 0.3) is 16.6 Å². The quantitative estimate of drug-likeness (QED) is 0.626. The van der Waals surface area contributed by atoms with Crippen molar-refractivity contribution in [1.29, 1.82) is 5.26 Å². The lowest BCUT2D eigenvalue weighted by molar-refractivity contribution is 0.301. The summed E-state index contributed by atoms with van der Waals surface area (Å²) in [6.45, 7) is 3.18. The number of nitrogens with zero attached hydrogens (tertiary/aromatic N) is 3. The van der Waals surface area contributed by atoms with Gasteiger partial charge in [0.1, 0.15) is 11.9 Å². The van der Waals surface area contributed by atoms with Crippen LogP contribution in [0, 0.1) is 23.1 Å². The van der Waals surface area contributed by atoms with Crippen LogP contribution in [-0.4, -0.2) is 22.1 Å². The number of aromatic nitrogens is 1. The van der Waals surface area contributed by atoms with Gasteiger partial charge in [-0.15, -0.1) is 0 Å². The molecule has 0 spiro atoms. The van der Waals surface area contributed by atoms with Crippen LogP contribution in [0.15, 0.2) is 36.4 Å². The Labute approximate surface area is 172 Å². The van der Waals surface area contributed by atoms with Crippen LogP contribution in [0.1, 0.15) is 69.2 Å². The van der Waals surface area contributed by atoms with Crippen LogP contribution in [0.2, 0.25) is 0 Å². The van der Waals surface area contributed by atoms with E-state index < -0.39 is 0 Å². The molecule has 0 unspecified atom stereocenters. The van der Waals surface area contributed by atoms with E-state index in [9.17, 15) is 9.65 Å². The Morgan fingerprint density at radius 3 is 2.66 bits per heavy atom. The highest BCUT2D eigenvalue weighted by Gasteiger charge is 2.36. The van der Waals surface area contributed by atoms with Crippen LogP contribution in [-0.2, 0) is 0 Å². The van der Waals surface area contributed by atoms with E-state index in [1.54, 1.807) is 12.1 Å². The van der Waals surface area contributed by atoms with Crippen molar-refractivity contribution in [2.24, 2.45) is 5.92 Å². The third-order valence-electron chi connectivity index (χ3n) is 7.06. The summed E-state index contributed by atoms with van der Waals surface area (Å²) in [5, 5.41) is 11.0. The van der Waals surface area contributed by atoms with Crippen molar-refractivity contribution in [1.82, 2.24) is 9.47 Å². The lowest BCUT2D eigenvalue weighted by Gasteiger charge is -2.36. The fourth-order valence-corrected chi connectivity index (χ4v) is 5.33. The molecule has 0 amide bonds. The van der Waals surface area contributed by atoms with Crippen LogP contribution in [0.4, 0.5) is 4.39 Å². The topological polar surface area (TPSA) is 32.0 Å². The van der Waals surface area contributed by atoms with E-state index in [-0.39, 0.29) is 5.82 Å². The number of rotatable bonds is 4. The standard InChI is InChI=1S/C25H28FN3/c1-17(18-10-11-18)28-14-6-5-9-23(28)25-22(16-27)21-13-12-19(26)15-24(21)29(25)20-7-3-2-4-8-20/h5-6,9,12-13,15,17-18,20H,2-4,7-8,10-11,14H2,1H3/t17-/m0/s1. The lowest BCUT2D eigenvalue weighted by Crippen LogP contribution is -2.35. The van der Waals surface area contributed by atoms with Crippen molar-refractivity contribution in [3.63, 3.8) is 0 Å². The Bertz CT molecular complexity index is 1030. The zero-order chi connectivity index (χ0) is 20.0. The van der Waals surface area contributed by atoms with Crippen molar-refractivity contribution in [3.05, 3.63) is 53.5 Å². The minimum atomic E-state index is -0.233. The number of benzene rings is 1. The minimum absolute atomic E-state index is 0.233. The molecule has 0 N–H and O–H groups in total. The summed E-state index contributed by atoms with van der Waals surface area (Å²) in [6, 6.07) is 8.17.